The minimum Gasteiger partial charge on any atom is -0.374 e. The Kier molecular flexibility index (Phi) is 4.52. The molecular weight excluding hydrogens is 193 g/mol. The molecule has 0 saturated heterocycles. The Labute approximate surface area is 92.1 Å². The standard InChI is InChI=1S/C10H20BNO3/c1-9(2,3)7(14)10(4,5)8(11)12-15-6-13/h6,8,12H,11H2,1-5H3. The summed E-state index contributed by atoms with van der Waals surface area (Å²) in [6.45, 7) is 9.63. The molecule has 0 rings (SSSR count). The van der Waals surface area contributed by atoms with Gasteiger partial charge in [-0.15, -0.1) is 0 Å². The molecule has 1 N–H and O–H groups in total. The Bertz CT molecular complexity index is 246. The van der Waals surface area contributed by atoms with Crippen molar-refractivity contribution in [2.45, 2.75) is 40.6 Å². The number of ketones is 1. The predicted molar refractivity (Wildman–Crippen MR) is 60.9 cm³/mol. The number of hydroxylamine groups is 1. The van der Waals surface area contributed by atoms with Crippen molar-refractivity contribution in [3.8, 4) is 0 Å². The zero-order valence-corrected chi connectivity index (χ0v) is 10.4. The molecule has 0 heterocycles. The Morgan fingerprint density at radius 3 is 2.13 bits per heavy atom. The van der Waals surface area contributed by atoms with E-state index in [1.165, 1.54) is 0 Å². The van der Waals surface area contributed by atoms with Gasteiger partial charge >= 0.3 is 6.47 Å². The molecule has 15 heavy (non-hydrogen) atoms. The lowest BCUT2D eigenvalue weighted by Gasteiger charge is -2.35. The highest BCUT2D eigenvalue weighted by Gasteiger charge is 2.40. The van der Waals surface area contributed by atoms with Gasteiger partial charge in [0.15, 0.2) is 0 Å². The summed E-state index contributed by atoms with van der Waals surface area (Å²) in [5, 5.41) is 0. The predicted octanol–water partition coefficient (Wildman–Crippen LogP) is 0.265. The summed E-state index contributed by atoms with van der Waals surface area (Å²) in [7, 11) is 1.81. The molecule has 0 aromatic heterocycles. The molecule has 0 amide bonds. The van der Waals surface area contributed by atoms with Crippen LogP contribution in [0, 0.1) is 10.8 Å². The van der Waals surface area contributed by atoms with Crippen molar-refractivity contribution in [3.63, 3.8) is 0 Å². The quantitative estimate of drug-likeness (QED) is 0.404. The van der Waals surface area contributed by atoms with Crippen molar-refractivity contribution in [3.05, 3.63) is 0 Å². The SMILES string of the molecule is BC(NOC=O)C(C)(C)C(=O)C(C)(C)C. The second-order valence-corrected chi connectivity index (χ2v) is 5.35. The topological polar surface area (TPSA) is 55.4 Å². The van der Waals surface area contributed by atoms with E-state index in [9.17, 15) is 9.59 Å². The summed E-state index contributed by atoms with van der Waals surface area (Å²) in [6, 6.07) is 0. The van der Waals surface area contributed by atoms with Gasteiger partial charge in [0.25, 0.3) is 0 Å². The lowest BCUT2D eigenvalue weighted by molar-refractivity contribution is -0.143. The minimum absolute atomic E-state index is 0.129. The number of rotatable bonds is 5. The molecule has 4 nitrogen and oxygen atoms in total. The van der Waals surface area contributed by atoms with Crippen LogP contribution in [0.5, 0.6) is 0 Å². The van der Waals surface area contributed by atoms with Crippen LogP contribution in [-0.4, -0.2) is 26.0 Å². The summed E-state index contributed by atoms with van der Waals surface area (Å²) in [5.41, 5.74) is 1.55. The van der Waals surface area contributed by atoms with Crippen LogP contribution in [0.4, 0.5) is 0 Å². The van der Waals surface area contributed by atoms with Gasteiger partial charge in [-0.3, -0.25) is 9.59 Å². The Morgan fingerprint density at radius 1 is 1.33 bits per heavy atom. The van der Waals surface area contributed by atoms with E-state index < -0.39 is 10.8 Å². The van der Waals surface area contributed by atoms with Gasteiger partial charge in [0, 0.05) is 16.8 Å². The highest BCUT2D eigenvalue weighted by molar-refractivity contribution is 6.15. The van der Waals surface area contributed by atoms with Gasteiger partial charge in [0.2, 0.25) is 0 Å². The fourth-order valence-electron chi connectivity index (χ4n) is 1.44. The Morgan fingerprint density at radius 2 is 1.80 bits per heavy atom. The molecule has 0 aliphatic carbocycles. The van der Waals surface area contributed by atoms with E-state index in [0.29, 0.717) is 6.47 Å². The maximum absolute atomic E-state index is 12.1. The summed E-state index contributed by atoms with van der Waals surface area (Å²) >= 11 is 0. The van der Waals surface area contributed by atoms with Crippen LogP contribution in [0.1, 0.15) is 34.6 Å². The van der Waals surface area contributed by atoms with Crippen LogP contribution in [0.3, 0.4) is 0 Å². The summed E-state index contributed by atoms with van der Waals surface area (Å²) < 4.78 is 0. The first-order chi connectivity index (χ1) is 6.64. The second kappa shape index (κ2) is 4.79. The first-order valence-corrected chi connectivity index (χ1v) is 5.03. The van der Waals surface area contributed by atoms with Crippen LogP contribution in [0.25, 0.3) is 0 Å². The molecule has 5 heteroatoms. The van der Waals surface area contributed by atoms with Crippen molar-refractivity contribution >= 4 is 20.1 Å². The van der Waals surface area contributed by atoms with Crippen LogP contribution in [0.15, 0.2) is 0 Å². The maximum atomic E-state index is 12.1. The number of hydrogen-bond donors (Lipinski definition) is 1. The maximum Gasteiger partial charge on any atom is 0.312 e. The summed E-state index contributed by atoms with van der Waals surface area (Å²) in [6.07, 6.45) is 0. The van der Waals surface area contributed by atoms with E-state index in [-0.39, 0.29) is 11.7 Å². The number of hydrogen-bond acceptors (Lipinski definition) is 4. The largest absolute Gasteiger partial charge is 0.374 e. The zero-order chi connectivity index (χ0) is 12.3. The van der Waals surface area contributed by atoms with Gasteiger partial charge in [0.1, 0.15) is 13.6 Å². The van der Waals surface area contributed by atoms with Gasteiger partial charge in [-0.1, -0.05) is 34.6 Å². The van der Waals surface area contributed by atoms with Crippen molar-refractivity contribution in [1.82, 2.24) is 5.48 Å². The molecule has 0 fully saturated rings. The second-order valence-electron chi connectivity index (χ2n) is 5.35. The van der Waals surface area contributed by atoms with E-state index in [1.54, 1.807) is 0 Å². The molecule has 0 radical (unpaired) electrons. The minimum atomic E-state index is -0.582. The van der Waals surface area contributed by atoms with Crippen molar-refractivity contribution in [1.29, 1.82) is 0 Å². The lowest BCUT2D eigenvalue weighted by Crippen LogP contribution is -2.50. The van der Waals surface area contributed by atoms with Crippen molar-refractivity contribution in [2.75, 3.05) is 0 Å². The van der Waals surface area contributed by atoms with Crippen LogP contribution in [-0.2, 0) is 14.4 Å². The smallest absolute Gasteiger partial charge is 0.312 e. The average Bonchev–Trinajstić information content (AvgIpc) is 2.11. The summed E-state index contributed by atoms with van der Waals surface area (Å²) in [5.74, 6) is -0.0982. The molecule has 0 spiro atoms. The molecule has 1 unspecified atom stereocenters. The third kappa shape index (κ3) is 3.66. The van der Waals surface area contributed by atoms with Gasteiger partial charge < -0.3 is 4.84 Å². The van der Waals surface area contributed by atoms with Gasteiger partial charge in [-0.2, -0.15) is 5.48 Å². The lowest BCUT2D eigenvalue weighted by atomic mass is 9.65. The first-order valence-electron chi connectivity index (χ1n) is 5.03. The molecule has 86 valence electrons. The molecule has 0 bridgehead atoms. The molecular formula is C10H20BNO3. The van der Waals surface area contributed by atoms with Crippen LogP contribution >= 0.6 is 0 Å². The number of carbonyl (C=O) groups excluding carboxylic acids is 2. The fourth-order valence-corrected chi connectivity index (χ4v) is 1.44. The number of nitrogens with one attached hydrogen (secondary N) is 1. The Hall–Kier alpha value is -0.835. The molecule has 0 aromatic rings. The average molecular weight is 213 g/mol. The van der Waals surface area contributed by atoms with Crippen LogP contribution in [0.2, 0.25) is 0 Å². The van der Waals surface area contributed by atoms with Crippen molar-refractivity contribution in [2.24, 2.45) is 10.8 Å². The highest BCUT2D eigenvalue weighted by atomic mass is 16.7. The van der Waals surface area contributed by atoms with E-state index in [2.05, 4.69) is 10.3 Å². The summed E-state index contributed by atoms with van der Waals surface area (Å²) in [4.78, 5) is 26.6. The van der Waals surface area contributed by atoms with E-state index in [1.807, 2.05) is 42.5 Å². The molecule has 0 aliphatic rings. The van der Waals surface area contributed by atoms with Crippen molar-refractivity contribution < 1.29 is 14.4 Å². The third-order valence-electron chi connectivity index (χ3n) is 2.64. The van der Waals surface area contributed by atoms with Gasteiger partial charge in [-0.05, 0) is 0 Å². The van der Waals surface area contributed by atoms with Crippen LogP contribution < -0.4 is 5.48 Å². The third-order valence-corrected chi connectivity index (χ3v) is 2.64. The molecule has 1 atom stereocenters. The zero-order valence-electron chi connectivity index (χ0n) is 10.4. The number of carbonyl (C=O) groups is 2. The van der Waals surface area contributed by atoms with E-state index in [0.717, 1.165) is 0 Å². The Balaban J connectivity index is 4.65. The molecule has 0 aromatic carbocycles. The van der Waals surface area contributed by atoms with Gasteiger partial charge in [0.05, 0.1) is 0 Å². The molecule has 0 aliphatic heterocycles. The number of Topliss-reactive ketones (excluding diaryl/α,β-unsaturated/α-hetero) is 1. The first kappa shape index (κ1) is 14.2. The van der Waals surface area contributed by atoms with Gasteiger partial charge in [-0.25, -0.2) is 0 Å². The fraction of sp³-hybridized carbons (Fsp3) is 0.800. The molecule has 0 saturated carbocycles. The highest BCUT2D eigenvalue weighted by Crippen LogP contribution is 2.30. The van der Waals surface area contributed by atoms with E-state index in [4.69, 9.17) is 0 Å². The normalized spacial score (nSPS) is 14.5. The monoisotopic (exact) mass is 213 g/mol. The van der Waals surface area contributed by atoms with E-state index >= 15 is 0 Å².